The van der Waals surface area contributed by atoms with Crippen molar-refractivity contribution in [2.75, 3.05) is 6.54 Å². The normalized spacial score (nSPS) is 11.0. The van der Waals surface area contributed by atoms with Crippen LogP contribution in [-0.4, -0.2) is 20.9 Å². The summed E-state index contributed by atoms with van der Waals surface area (Å²) in [7, 11) is -3.67. The zero-order valence-electron chi connectivity index (χ0n) is 10.6. The van der Waals surface area contributed by atoms with Gasteiger partial charge in [-0.2, -0.15) is 5.26 Å². The second-order valence-corrected chi connectivity index (χ2v) is 6.25. The molecule has 0 saturated carbocycles. The quantitative estimate of drug-likeness (QED) is 0.734. The summed E-state index contributed by atoms with van der Waals surface area (Å²) in [6, 6.07) is 5.75. The van der Waals surface area contributed by atoms with Crippen LogP contribution < -0.4 is 10.5 Å². The lowest BCUT2D eigenvalue weighted by atomic mass is 10.2. The Hall–Kier alpha value is -1.62. The summed E-state index contributed by atoms with van der Waals surface area (Å²) >= 11 is 5.79. The summed E-state index contributed by atoms with van der Waals surface area (Å²) in [5.41, 5.74) is 5.19. The fourth-order valence-electron chi connectivity index (χ4n) is 1.47. The van der Waals surface area contributed by atoms with Gasteiger partial charge in [-0.25, -0.2) is 13.1 Å². The van der Waals surface area contributed by atoms with E-state index in [1.165, 1.54) is 18.2 Å². The number of rotatable bonds is 7. The first-order valence-electron chi connectivity index (χ1n) is 5.84. The smallest absolute Gasteiger partial charge is 0.240 e. The SMILES string of the molecule is N#Cc1ccc(S(=O)(=O)NCCCCC(N)=O)cc1Cl. The number of carbonyl (C=O) groups excluding carboxylic acids is 1. The van der Waals surface area contributed by atoms with E-state index < -0.39 is 15.9 Å². The number of unbranched alkanes of at least 4 members (excludes halogenated alkanes) is 1. The average Bonchev–Trinajstić information content (AvgIpc) is 2.37. The Labute approximate surface area is 122 Å². The molecule has 0 bridgehead atoms. The number of nitrogens with two attached hydrogens (primary N) is 1. The molecular weight excluding hydrogens is 302 g/mol. The van der Waals surface area contributed by atoms with E-state index in [0.29, 0.717) is 12.8 Å². The molecule has 8 heteroatoms. The van der Waals surface area contributed by atoms with Crippen LogP contribution in [0.15, 0.2) is 23.1 Å². The van der Waals surface area contributed by atoms with Crippen molar-refractivity contribution in [2.45, 2.75) is 24.2 Å². The summed E-state index contributed by atoms with van der Waals surface area (Å²) in [6.07, 6.45) is 1.25. The molecule has 0 atom stereocenters. The third-order valence-electron chi connectivity index (χ3n) is 2.51. The zero-order chi connectivity index (χ0) is 15.2. The van der Waals surface area contributed by atoms with Crippen LogP contribution in [0.1, 0.15) is 24.8 Å². The van der Waals surface area contributed by atoms with Gasteiger partial charge in [0.1, 0.15) is 6.07 Å². The number of halogens is 1. The summed E-state index contributed by atoms with van der Waals surface area (Å²) in [6.45, 7) is 0.202. The van der Waals surface area contributed by atoms with E-state index in [4.69, 9.17) is 22.6 Å². The van der Waals surface area contributed by atoms with Gasteiger partial charge in [-0.15, -0.1) is 0 Å². The van der Waals surface area contributed by atoms with E-state index in [-0.39, 0.29) is 28.4 Å². The van der Waals surface area contributed by atoms with Gasteiger partial charge in [-0.3, -0.25) is 4.79 Å². The number of hydrogen-bond donors (Lipinski definition) is 2. The molecule has 6 nitrogen and oxygen atoms in total. The first kappa shape index (κ1) is 16.4. The summed E-state index contributed by atoms with van der Waals surface area (Å²) in [5, 5.41) is 8.81. The predicted molar refractivity (Wildman–Crippen MR) is 74.4 cm³/mol. The van der Waals surface area contributed by atoms with Gasteiger partial charge in [0.2, 0.25) is 15.9 Å². The van der Waals surface area contributed by atoms with Gasteiger partial charge in [-0.1, -0.05) is 11.6 Å². The molecule has 0 fully saturated rings. The molecule has 0 aromatic heterocycles. The van der Waals surface area contributed by atoms with E-state index >= 15 is 0 Å². The van der Waals surface area contributed by atoms with Crippen LogP contribution in [0, 0.1) is 11.3 Å². The number of sulfonamides is 1. The fourth-order valence-corrected chi connectivity index (χ4v) is 2.86. The fraction of sp³-hybridized carbons (Fsp3) is 0.333. The lowest BCUT2D eigenvalue weighted by molar-refractivity contribution is -0.118. The molecule has 0 aliphatic rings. The van der Waals surface area contributed by atoms with Gasteiger partial charge in [0.25, 0.3) is 0 Å². The van der Waals surface area contributed by atoms with Crippen LogP contribution in [0.3, 0.4) is 0 Å². The van der Waals surface area contributed by atoms with E-state index in [1.807, 2.05) is 6.07 Å². The first-order valence-corrected chi connectivity index (χ1v) is 7.70. The topological polar surface area (TPSA) is 113 Å². The van der Waals surface area contributed by atoms with Gasteiger partial charge in [0.15, 0.2) is 0 Å². The van der Waals surface area contributed by atoms with Crippen molar-refractivity contribution in [1.29, 1.82) is 5.26 Å². The van der Waals surface area contributed by atoms with Crippen molar-refractivity contribution in [3.63, 3.8) is 0 Å². The van der Waals surface area contributed by atoms with Crippen LogP contribution in [-0.2, 0) is 14.8 Å². The Morgan fingerprint density at radius 3 is 2.65 bits per heavy atom. The molecule has 0 saturated heterocycles. The third kappa shape index (κ3) is 4.81. The second-order valence-electron chi connectivity index (χ2n) is 4.07. The second kappa shape index (κ2) is 7.24. The number of hydrogen-bond acceptors (Lipinski definition) is 4. The Morgan fingerprint density at radius 2 is 2.10 bits per heavy atom. The van der Waals surface area contributed by atoms with Crippen molar-refractivity contribution in [1.82, 2.24) is 4.72 Å². The molecule has 3 N–H and O–H groups in total. The number of benzene rings is 1. The van der Waals surface area contributed by atoms with Crippen LogP contribution in [0.4, 0.5) is 0 Å². The number of amides is 1. The molecule has 0 heterocycles. The van der Waals surface area contributed by atoms with Crippen LogP contribution in [0.5, 0.6) is 0 Å². The van der Waals surface area contributed by atoms with Gasteiger partial charge in [0, 0.05) is 13.0 Å². The standard InChI is InChI=1S/C12H14ClN3O3S/c13-11-7-10(5-4-9(11)8-14)20(18,19)16-6-2-1-3-12(15)17/h4-5,7,16H,1-3,6H2,(H2,15,17). The number of carbonyl (C=O) groups is 1. The van der Waals surface area contributed by atoms with E-state index in [9.17, 15) is 13.2 Å². The molecule has 1 rings (SSSR count). The summed E-state index contributed by atoms with van der Waals surface area (Å²) in [5.74, 6) is -0.410. The monoisotopic (exact) mass is 315 g/mol. The van der Waals surface area contributed by atoms with Gasteiger partial charge < -0.3 is 5.73 Å². The maximum Gasteiger partial charge on any atom is 0.240 e. The molecule has 1 aromatic carbocycles. The minimum atomic E-state index is -3.67. The molecular formula is C12H14ClN3O3S. The van der Waals surface area contributed by atoms with Crippen LogP contribution in [0.2, 0.25) is 5.02 Å². The van der Waals surface area contributed by atoms with Crippen molar-refractivity contribution >= 4 is 27.5 Å². The number of primary amides is 1. The first-order chi connectivity index (χ1) is 9.36. The van der Waals surface area contributed by atoms with Crippen molar-refractivity contribution < 1.29 is 13.2 Å². The predicted octanol–water partition coefficient (Wildman–Crippen LogP) is 1.15. The Bertz CT molecular complexity index is 638. The number of nitrogens with zero attached hydrogens (tertiary/aromatic N) is 1. The van der Waals surface area contributed by atoms with E-state index in [0.717, 1.165) is 0 Å². The highest BCUT2D eigenvalue weighted by molar-refractivity contribution is 7.89. The lowest BCUT2D eigenvalue weighted by Crippen LogP contribution is -2.25. The van der Waals surface area contributed by atoms with Gasteiger partial charge >= 0.3 is 0 Å². The molecule has 108 valence electrons. The maximum atomic E-state index is 11.9. The molecule has 0 radical (unpaired) electrons. The van der Waals surface area contributed by atoms with Crippen molar-refractivity contribution in [3.8, 4) is 6.07 Å². The molecule has 1 aromatic rings. The third-order valence-corrected chi connectivity index (χ3v) is 4.28. The summed E-state index contributed by atoms with van der Waals surface area (Å²) in [4.78, 5) is 10.5. The van der Waals surface area contributed by atoms with Gasteiger partial charge in [-0.05, 0) is 31.0 Å². The minimum Gasteiger partial charge on any atom is -0.370 e. The molecule has 0 unspecified atom stereocenters. The van der Waals surface area contributed by atoms with Crippen molar-refractivity contribution in [2.24, 2.45) is 5.73 Å². The highest BCUT2D eigenvalue weighted by Gasteiger charge is 2.15. The van der Waals surface area contributed by atoms with Crippen molar-refractivity contribution in [3.05, 3.63) is 28.8 Å². The maximum absolute atomic E-state index is 11.9. The minimum absolute atomic E-state index is 0.00333. The van der Waals surface area contributed by atoms with Gasteiger partial charge in [0.05, 0.1) is 15.5 Å². The van der Waals surface area contributed by atoms with Crippen LogP contribution >= 0.6 is 11.6 Å². The van der Waals surface area contributed by atoms with E-state index in [1.54, 1.807) is 0 Å². The molecule has 0 aliphatic heterocycles. The molecule has 20 heavy (non-hydrogen) atoms. The average molecular weight is 316 g/mol. The highest BCUT2D eigenvalue weighted by atomic mass is 35.5. The molecule has 0 aliphatic carbocycles. The Kier molecular flexibility index (Phi) is 5.95. The lowest BCUT2D eigenvalue weighted by Gasteiger charge is -2.07. The Morgan fingerprint density at radius 1 is 1.40 bits per heavy atom. The number of nitriles is 1. The van der Waals surface area contributed by atoms with Crippen LogP contribution in [0.25, 0.3) is 0 Å². The van der Waals surface area contributed by atoms with E-state index in [2.05, 4.69) is 4.72 Å². The Balaban J connectivity index is 2.63. The summed E-state index contributed by atoms with van der Waals surface area (Å²) < 4.78 is 26.3. The largest absolute Gasteiger partial charge is 0.370 e. The zero-order valence-corrected chi connectivity index (χ0v) is 12.2. The highest BCUT2D eigenvalue weighted by Crippen LogP contribution is 2.20. The number of nitrogens with one attached hydrogen (secondary N) is 1. The molecule has 0 spiro atoms. The molecule has 1 amide bonds.